The monoisotopic (exact) mass is 262 g/mol. The average molecular weight is 262 g/mol. The molecule has 0 saturated heterocycles. The maximum absolute atomic E-state index is 12.1. The lowest BCUT2D eigenvalue weighted by atomic mass is 10.0. The molecule has 2 N–H and O–H groups in total. The van der Waals surface area contributed by atoms with Gasteiger partial charge in [-0.2, -0.15) is 11.8 Å². The predicted octanol–water partition coefficient (Wildman–Crippen LogP) is 1.90. The molecule has 0 bridgehead atoms. The maximum atomic E-state index is 12.1. The van der Waals surface area contributed by atoms with Crippen LogP contribution in [0, 0.1) is 5.92 Å². The van der Waals surface area contributed by atoms with Crippen LogP contribution in [-0.2, 0) is 4.79 Å². The average Bonchev–Trinajstić information content (AvgIpc) is 2.25. The first-order chi connectivity index (χ1) is 7.49. The van der Waals surface area contributed by atoms with Crippen molar-refractivity contribution >= 4 is 34.9 Å². The van der Waals surface area contributed by atoms with Crippen LogP contribution in [-0.4, -0.2) is 40.9 Å². The molecule has 0 aliphatic rings. The molecule has 0 aromatic heterocycles. The third-order valence-electron chi connectivity index (χ3n) is 2.78. The van der Waals surface area contributed by atoms with Gasteiger partial charge in [0.25, 0.3) is 0 Å². The maximum Gasteiger partial charge on any atom is 0.232 e. The third-order valence-corrected chi connectivity index (χ3v) is 3.78. The smallest absolute Gasteiger partial charge is 0.232 e. The second-order valence-electron chi connectivity index (χ2n) is 3.83. The first-order valence-corrected chi connectivity index (χ1v) is 7.34. The quantitative estimate of drug-likeness (QED) is 0.712. The highest BCUT2D eigenvalue weighted by molar-refractivity contribution is 7.98. The number of carbonyl (C=O) groups excluding carboxylic acids is 1. The van der Waals surface area contributed by atoms with Crippen molar-refractivity contribution in [3.63, 3.8) is 0 Å². The van der Waals surface area contributed by atoms with Crippen LogP contribution in [0.3, 0.4) is 0 Å². The molecule has 2 unspecified atom stereocenters. The van der Waals surface area contributed by atoms with Gasteiger partial charge in [-0.15, -0.1) is 0 Å². The standard InChI is InChI=1S/C11H22N2OS2/c1-5-8(7-16-4)13(3)11(14)9(6-2)10(12)15/h8-9H,5-7H2,1-4H3,(H2,12,15). The first-order valence-electron chi connectivity index (χ1n) is 5.54. The van der Waals surface area contributed by atoms with Crippen molar-refractivity contribution < 1.29 is 4.79 Å². The van der Waals surface area contributed by atoms with E-state index in [1.54, 1.807) is 16.7 Å². The molecule has 0 saturated carbocycles. The number of amides is 1. The van der Waals surface area contributed by atoms with E-state index in [9.17, 15) is 4.79 Å². The molecule has 3 nitrogen and oxygen atoms in total. The fourth-order valence-corrected chi connectivity index (χ4v) is 2.73. The van der Waals surface area contributed by atoms with Crippen molar-refractivity contribution in [1.82, 2.24) is 4.90 Å². The van der Waals surface area contributed by atoms with Crippen molar-refractivity contribution in [1.29, 1.82) is 0 Å². The van der Waals surface area contributed by atoms with E-state index in [1.165, 1.54) is 0 Å². The van der Waals surface area contributed by atoms with E-state index in [4.69, 9.17) is 18.0 Å². The zero-order chi connectivity index (χ0) is 12.7. The SMILES string of the molecule is CCC(C(=O)N(C)C(CC)CSC)C(N)=S. The highest BCUT2D eigenvalue weighted by atomic mass is 32.2. The minimum Gasteiger partial charge on any atom is -0.393 e. The Balaban J connectivity index is 4.61. The highest BCUT2D eigenvalue weighted by Gasteiger charge is 2.26. The molecular formula is C11H22N2OS2. The van der Waals surface area contributed by atoms with Crippen LogP contribution >= 0.6 is 24.0 Å². The van der Waals surface area contributed by atoms with Gasteiger partial charge in [0.05, 0.1) is 10.9 Å². The molecule has 1 amide bonds. The number of carbonyl (C=O) groups is 1. The lowest BCUT2D eigenvalue weighted by Gasteiger charge is -2.29. The van der Waals surface area contributed by atoms with Crippen LogP contribution in [0.2, 0.25) is 0 Å². The predicted molar refractivity (Wildman–Crippen MR) is 75.8 cm³/mol. The van der Waals surface area contributed by atoms with Crippen molar-refractivity contribution in [2.45, 2.75) is 32.7 Å². The molecule has 0 aromatic carbocycles. The Morgan fingerprint density at radius 3 is 2.31 bits per heavy atom. The van der Waals surface area contributed by atoms with Crippen molar-refractivity contribution in [3.05, 3.63) is 0 Å². The Labute approximate surface area is 108 Å². The Bertz CT molecular complexity index is 246. The molecule has 0 aliphatic heterocycles. The second-order valence-corrected chi connectivity index (χ2v) is 5.21. The van der Waals surface area contributed by atoms with Gasteiger partial charge >= 0.3 is 0 Å². The van der Waals surface area contributed by atoms with Crippen molar-refractivity contribution in [2.75, 3.05) is 19.1 Å². The van der Waals surface area contributed by atoms with Gasteiger partial charge in [-0.3, -0.25) is 4.79 Å². The van der Waals surface area contributed by atoms with Gasteiger partial charge < -0.3 is 10.6 Å². The van der Waals surface area contributed by atoms with Gasteiger partial charge in [0.1, 0.15) is 0 Å². The van der Waals surface area contributed by atoms with E-state index in [2.05, 4.69) is 6.92 Å². The van der Waals surface area contributed by atoms with Gasteiger partial charge in [-0.1, -0.05) is 26.1 Å². The zero-order valence-corrected chi connectivity index (χ0v) is 12.2. The molecule has 94 valence electrons. The van der Waals surface area contributed by atoms with E-state index in [0.717, 1.165) is 12.2 Å². The van der Waals surface area contributed by atoms with Gasteiger partial charge in [-0.05, 0) is 19.1 Å². The van der Waals surface area contributed by atoms with Gasteiger partial charge in [0.15, 0.2) is 0 Å². The summed E-state index contributed by atoms with van der Waals surface area (Å²) in [6.07, 6.45) is 3.68. The molecule has 0 radical (unpaired) electrons. The van der Waals surface area contributed by atoms with Gasteiger partial charge in [0, 0.05) is 18.8 Å². The van der Waals surface area contributed by atoms with E-state index in [-0.39, 0.29) is 17.9 Å². The van der Waals surface area contributed by atoms with Crippen LogP contribution < -0.4 is 5.73 Å². The fourth-order valence-electron chi connectivity index (χ4n) is 1.62. The summed E-state index contributed by atoms with van der Waals surface area (Å²) in [7, 11) is 1.84. The molecular weight excluding hydrogens is 240 g/mol. The number of rotatable bonds is 7. The number of thioether (sulfide) groups is 1. The molecule has 0 aromatic rings. The summed E-state index contributed by atoms with van der Waals surface area (Å²) in [4.78, 5) is 14.2. The van der Waals surface area contributed by atoms with Gasteiger partial charge in [-0.25, -0.2) is 0 Å². The van der Waals surface area contributed by atoms with Crippen molar-refractivity contribution in [2.24, 2.45) is 11.7 Å². The van der Waals surface area contributed by atoms with Crippen LogP contribution in [0.5, 0.6) is 0 Å². The summed E-state index contributed by atoms with van der Waals surface area (Å²) in [5, 5.41) is 0. The Kier molecular flexibility index (Phi) is 7.76. The Morgan fingerprint density at radius 2 is 2.00 bits per heavy atom. The zero-order valence-electron chi connectivity index (χ0n) is 10.5. The molecule has 0 aliphatic carbocycles. The molecule has 16 heavy (non-hydrogen) atoms. The van der Waals surface area contributed by atoms with E-state index in [0.29, 0.717) is 11.4 Å². The summed E-state index contributed by atoms with van der Waals surface area (Å²) in [5.41, 5.74) is 5.58. The van der Waals surface area contributed by atoms with E-state index >= 15 is 0 Å². The van der Waals surface area contributed by atoms with E-state index < -0.39 is 0 Å². The minimum atomic E-state index is -0.309. The molecule has 2 atom stereocenters. The molecule has 5 heteroatoms. The lowest BCUT2D eigenvalue weighted by Crippen LogP contribution is -2.44. The van der Waals surface area contributed by atoms with Crippen LogP contribution in [0.15, 0.2) is 0 Å². The van der Waals surface area contributed by atoms with E-state index in [1.807, 2.05) is 20.2 Å². The molecule has 0 heterocycles. The van der Waals surface area contributed by atoms with Gasteiger partial charge in [0.2, 0.25) is 5.91 Å². The van der Waals surface area contributed by atoms with Crippen LogP contribution in [0.1, 0.15) is 26.7 Å². The molecule has 0 spiro atoms. The minimum absolute atomic E-state index is 0.0518. The normalized spacial score (nSPS) is 14.2. The largest absolute Gasteiger partial charge is 0.393 e. The lowest BCUT2D eigenvalue weighted by molar-refractivity contribution is -0.133. The number of thiocarbonyl (C=S) groups is 1. The number of hydrogen-bond donors (Lipinski definition) is 1. The summed E-state index contributed by atoms with van der Waals surface area (Å²) in [6.45, 7) is 4.03. The first kappa shape index (κ1) is 15.7. The van der Waals surface area contributed by atoms with Crippen molar-refractivity contribution in [3.8, 4) is 0 Å². The highest BCUT2D eigenvalue weighted by Crippen LogP contribution is 2.14. The fraction of sp³-hybridized carbons (Fsp3) is 0.818. The molecule has 0 fully saturated rings. The second kappa shape index (κ2) is 7.90. The third kappa shape index (κ3) is 4.29. The summed E-state index contributed by atoms with van der Waals surface area (Å²) in [6, 6.07) is 0.269. The Hall–Kier alpha value is -0.290. The summed E-state index contributed by atoms with van der Waals surface area (Å²) in [5.74, 6) is 0.693. The van der Waals surface area contributed by atoms with Crippen LogP contribution in [0.25, 0.3) is 0 Å². The summed E-state index contributed by atoms with van der Waals surface area (Å²) < 4.78 is 0. The molecule has 0 rings (SSSR count). The van der Waals surface area contributed by atoms with Crippen LogP contribution in [0.4, 0.5) is 0 Å². The Morgan fingerprint density at radius 1 is 1.44 bits per heavy atom. The topological polar surface area (TPSA) is 46.3 Å². The number of hydrogen-bond acceptors (Lipinski definition) is 3. The number of nitrogens with two attached hydrogens (primary N) is 1. The summed E-state index contributed by atoms with van der Waals surface area (Å²) >= 11 is 6.67. The number of nitrogens with zero attached hydrogens (tertiary/aromatic N) is 1.